The third-order valence-corrected chi connectivity index (χ3v) is 9.73. The highest BCUT2D eigenvalue weighted by molar-refractivity contribution is 7.13. The van der Waals surface area contributed by atoms with E-state index in [0.717, 1.165) is 63.1 Å². The second-order valence-corrected chi connectivity index (χ2v) is 12.2. The van der Waals surface area contributed by atoms with Crippen LogP contribution in [0.1, 0.15) is 71.0 Å². The van der Waals surface area contributed by atoms with Crippen LogP contribution in [0.15, 0.2) is 54.3 Å². The maximum absolute atomic E-state index is 15.6. The smallest absolute Gasteiger partial charge is 0.255 e. The summed E-state index contributed by atoms with van der Waals surface area (Å²) in [6, 6.07) is 10.6. The van der Waals surface area contributed by atoms with E-state index in [9.17, 15) is 9.59 Å². The Balaban J connectivity index is 1.17. The van der Waals surface area contributed by atoms with Gasteiger partial charge in [0.25, 0.3) is 11.8 Å². The summed E-state index contributed by atoms with van der Waals surface area (Å²) in [6.45, 7) is 6.34. The summed E-state index contributed by atoms with van der Waals surface area (Å²) in [7, 11) is 0. The van der Waals surface area contributed by atoms with Crippen molar-refractivity contribution in [1.29, 1.82) is 0 Å². The number of halogens is 1. The van der Waals surface area contributed by atoms with Crippen LogP contribution in [0, 0.1) is 5.82 Å². The number of hydrogen-bond acceptors (Lipinski definition) is 6. The molecule has 8 nitrogen and oxygen atoms in total. The summed E-state index contributed by atoms with van der Waals surface area (Å²) in [4.78, 5) is 40.3. The van der Waals surface area contributed by atoms with Crippen LogP contribution in [0.5, 0.6) is 0 Å². The molecule has 2 aromatic carbocycles. The van der Waals surface area contributed by atoms with E-state index < -0.39 is 17.8 Å². The molecular formula is C32H33FN6O2S. The number of fused-ring (bicyclic) bond motifs is 2. The number of benzene rings is 2. The summed E-state index contributed by atoms with van der Waals surface area (Å²) in [6.07, 6.45) is 7.35. The van der Waals surface area contributed by atoms with Crippen LogP contribution < -0.4 is 5.32 Å². The minimum absolute atomic E-state index is 0.00205. The average molecular weight is 585 g/mol. The maximum atomic E-state index is 15.6. The number of amides is 2. The van der Waals surface area contributed by atoms with Gasteiger partial charge < -0.3 is 14.4 Å². The molecule has 5 heterocycles. The monoisotopic (exact) mass is 584 g/mol. The highest BCUT2D eigenvalue weighted by Gasteiger charge is 2.42. The van der Waals surface area contributed by atoms with Gasteiger partial charge >= 0.3 is 0 Å². The maximum Gasteiger partial charge on any atom is 0.255 e. The van der Waals surface area contributed by atoms with E-state index in [-0.39, 0.29) is 12.5 Å². The minimum Gasteiger partial charge on any atom is -0.334 e. The molecule has 1 N–H and O–H groups in total. The van der Waals surface area contributed by atoms with Crippen LogP contribution in [0.4, 0.5) is 9.52 Å². The lowest BCUT2D eigenvalue weighted by molar-refractivity contribution is -0.121. The summed E-state index contributed by atoms with van der Waals surface area (Å²) >= 11 is 1.30. The number of aromatic nitrogens is 3. The molecule has 1 fully saturated rings. The Morgan fingerprint density at radius 2 is 1.93 bits per heavy atom. The number of aryl methyl sites for hydroxylation is 1. The summed E-state index contributed by atoms with van der Waals surface area (Å²) in [5.74, 6) is -0.682. The molecule has 0 radical (unpaired) electrons. The molecule has 1 atom stereocenters. The fraction of sp³-hybridized carbons (Fsp3) is 0.375. The van der Waals surface area contributed by atoms with Gasteiger partial charge in [-0.3, -0.25) is 14.9 Å². The molecule has 10 heteroatoms. The zero-order valence-electron chi connectivity index (χ0n) is 23.6. The number of anilines is 1. The number of carbonyl (C=O) groups excluding carboxylic acids is 2. The summed E-state index contributed by atoms with van der Waals surface area (Å²) in [5.41, 5.74) is 4.92. The molecule has 0 saturated carbocycles. The number of hydrogen-bond donors (Lipinski definition) is 1. The first-order valence-corrected chi connectivity index (χ1v) is 15.6. The molecule has 3 aliphatic rings. The van der Waals surface area contributed by atoms with Crippen molar-refractivity contribution >= 4 is 28.3 Å². The third kappa shape index (κ3) is 4.82. The van der Waals surface area contributed by atoms with Crippen LogP contribution in [-0.4, -0.2) is 55.8 Å². The normalized spacial score (nSPS) is 17.9. The van der Waals surface area contributed by atoms with Crippen molar-refractivity contribution in [3.63, 3.8) is 0 Å². The molecule has 0 bridgehead atoms. The predicted octanol–water partition coefficient (Wildman–Crippen LogP) is 5.63. The van der Waals surface area contributed by atoms with Gasteiger partial charge in [-0.15, -0.1) is 11.3 Å². The standard InChI is InChI=1S/C32H33FN6O2S/c1-2-37-13-9-22(10-14-37)20-5-7-21(8-6-20)23-16-24-25(26(33)17-23)18-39(31(24)41)29(30(40)36-32-34-11-15-42-32)28-27-4-3-12-38(27)19-35-28/h5-8,11,15-17,19,22,29H,2-4,9-10,12-14,18H2,1H3,(H,34,36,40). The Kier molecular flexibility index (Phi) is 7.11. The summed E-state index contributed by atoms with van der Waals surface area (Å²) in [5, 5.41) is 5.06. The Labute approximate surface area is 248 Å². The number of carbonyl (C=O) groups is 2. The van der Waals surface area contributed by atoms with Crippen molar-refractivity contribution in [2.45, 2.75) is 57.7 Å². The Hall–Kier alpha value is -3.89. The van der Waals surface area contributed by atoms with Gasteiger partial charge in [-0.2, -0.15) is 0 Å². The zero-order chi connectivity index (χ0) is 28.8. The van der Waals surface area contributed by atoms with Crippen molar-refractivity contribution in [3.8, 4) is 11.1 Å². The molecule has 4 aromatic rings. The predicted molar refractivity (Wildman–Crippen MR) is 160 cm³/mol. The number of likely N-dealkylation sites (tertiary alicyclic amines) is 1. The Morgan fingerprint density at radius 1 is 1.12 bits per heavy atom. The fourth-order valence-corrected chi connectivity index (χ4v) is 7.23. The highest BCUT2D eigenvalue weighted by Crippen LogP contribution is 2.38. The molecule has 3 aliphatic heterocycles. The average Bonchev–Trinajstić information content (AvgIpc) is 3.82. The van der Waals surface area contributed by atoms with Crippen LogP contribution in [0.25, 0.3) is 11.1 Å². The molecule has 2 aromatic heterocycles. The Morgan fingerprint density at radius 3 is 2.67 bits per heavy atom. The Bertz CT molecular complexity index is 1630. The molecule has 2 amide bonds. The topological polar surface area (TPSA) is 83.4 Å². The van der Waals surface area contributed by atoms with Gasteiger partial charge in [0.1, 0.15) is 5.82 Å². The molecule has 0 spiro atoms. The number of imidazole rings is 1. The van der Waals surface area contributed by atoms with Crippen LogP contribution in [-0.2, 0) is 24.3 Å². The van der Waals surface area contributed by atoms with E-state index in [1.54, 1.807) is 24.0 Å². The third-order valence-electron chi connectivity index (χ3n) is 9.04. The summed E-state index contributed by atoms with van der Waals surface area (Å²) < 4.78 is 17.7. The van der Waals surface area contributed by atoms with Crippen molar-refractivity contribution in [1.82, 2.24) is 24.3 Å². The SMILES string of the molecule is CCN1CCC(c2ccc(-c3cc(F)c4c(c3)C(=O)N(C(C(=O)Nc3nccs3)c3ncn5c3CCC5)C4)cc2)CC1. The number of nitrogens with one attached hydrogen (secondary N) is 1. The zero-order valence-corrected chi connectivity index (χ0v) is 24.4. The molecule has 7 rings (SSSR count). The van der Waals surface area contributed by atoms with Gasteiger partial charge in [0, 0.05) is 34.9 Å². The van der Waals surface area contributed by atoms with Crippen LogP contribution >= 0.6 is 11.3 Å². The van der Waals surface area contributed by atoms with E-state index in [4.69, 9.17) is 0 Å². The molecule has 216 valence electrons. The van der Waals surface area contributed by atoms with Gasteiger partial charge in [-0.05, 0) is 80.1 Å². The van der Waals surface area contributed by atoms with Gasteiger partial charge in [0.05, 0.1) is 18.6 Å². The van der Waals surface area contributed by atoms with Crippen molar-refractivity contribution < 1.29 is 14.0 Å². The van der Waals surface area contributed by atoms with Gasteiger partial charge in [0.15, 0.2) is 11.2 Å². The van der Waals surface area contributed by atoms with Crippen LogP contribution in [0.2, 0.25) is 0 Å². The van der Waals surface area contributed by atoms with Gasteiger partial charge in [-0.1, -0.05) is 31.2 Å². The van der Waals surface area contributed by atoms with Crippen molar-refractivity contribution in [2.75, 3.05) is 25.0 Å². The van der Waals surface area contributed by atoms with Crippen LogP contribution in [0.3, 0.4) is 0 Å². The van der Waals surface area contributed by atoms with E-state index in [1.165, 1.54) is 27.9 Å². The highest BCUT2D eigenvalue weighted by atomic mass is 32.1. The molecule has 0 aliphatic carbocycles. The van der Waals surface area contributed by atoms with Gasteiger partial charge in [-0.25, -0.2) is 14.4 Å². The van der Waals surface area contributed by atoms with Gasteiger partial charge in [0.2, 0.25) is 0 Å². The first-order chi connectivity index (χ1) is 20.5. The minimum atomic E-state index is -0.996. The number of nitrogens with zero attached hydrogens (tertiary/aromatic N) is 5. The lowest BCUT2D eigenvalue weighted by Crippen LogP contribution is -2.38. The van der Waals surface area contributed by atoms with Crippen molar-refractivity contribution in [3.05, 3.63) is 88.2 Å². The molecular weight excluding hydrogens is 551 g/mol. The lowest BCUT2D eigenvalue weighted by atomic mass is 9.88. The van der Waals surface area contributed by atoms with Crippen molar-refractivity contribution in [2.24, 2.45) is 0 Å². The van der Waals surface area contributed by atoms with E-state index in [1.807, 2.05) is 16.7 Å². The fourth-order valence-electron chi connectivity index (χ4n) is 6.70. The second-order valence-electron chi connectivity index (χ2n) is 11.4. The molecule has 1 unspecified atom stereocenters. The first kappa shape index (κ1) is 27.0. The molecule has 42 heavy (non-hydrogen) atoms. The first-order valence-electron chi connectivity index (χ1n) is 14.7. The number of rotatable bonds is 7. The lowest BCUT2D eigenvalue weighted by Gasteiger charge is -2.31. The quantitative estimate of drug-likeness (QED) is 0.305. The van der Waals surface area contributed by atoms with E-state index in [0.29, 0.717) is 33.4 Å². The molecule has 1 saturated heterocycles. The number of thiazole rings is 1. The van der Waals surface area contributed by atoms with E-state index in [2.05, 4.69) is 39.2 Å². The largest absolute Gasteiger partial charge is 0.334 e. The second kappa shape index (κ2) is 11.1. The number of piperidine rings is 1. The van der Waals surface area contributed by atoms with E-state index >= 15 is 4.39 Å².